The van der Waals surface area contributed by atoms with Crippen LogP contribution in [0.15, 0.2) is 12.1 Å². The number of hydrogen-bond acceptors (Lipinski definition) is 1. The van der Waals surface area contributed by atoms with Crippen LogP contribution in [-0.2, 0) is 5.41 Å². The molecule has 1 aromatic carbocycles. The van der Waals surface area contributed by atoms with Gasteiger partial charge in [-0.05, 0) is 24.6 Å². The van der Waals surface area contributed by atoms with Crippen LogP contribution >= 0.6 is 11.6 Å². The van der Waals surface area contributed by atoms with Gasteiger partial charge in [-0.2, -0.15) is 0 Å². The maximum Gasteiger partial charge on any atom is 0.152 e. The molecule has 2 rings (SSSR count). The van der Waals surface area contributed by atoms with E-state index in [0.717, 1.165) is 34.0 Å². The predicted molar refractivity (Wildman–Crippen MR) is 72.1 cm³/mol. The number of aromatic amines is 1. The zero-order valence-corrected chi connectivity index (χ0v) is 11.3. The molecular formula is C14H16ClNO. The Labute approximate surface area is 106 Å². The van der Waals surface area contributed by atoms with Crippen LogP contribution in [0.2, 0.25) is 5.02 Å². The molecule has 1 aromatic heterocycles. The van der Waals surface area contributed by atoms with Crippen molar-refractivity contribution in [1.29, 1.82) is 0 Å². The molecule has 0 amide bonds. The summed E-state index contributed by atoms with van der Waals surface area (Å²) < 4.78 is 0. The summed E-state index contributed by atoms with van der Waals surface area (Å²) in [6.45, 7) is 8.25. The normalized spacial score (nSPS) is 12.1. The second-order valence-electron chi connectivity index (χ2n) is 5.43. The number of aromatic nitrogens is 1. The lowest BCUT2D eigenvalue weighted by Crippen LogP contribution is -2.13. The number of carbonyl (C=O) groups is 1. The third-order valence-corrected chi connectivity index (χ3v) is 3.20. The van der Waals surface area contributed by atoms with E-state index in [9.17, 15) is 4.79 Å². The van der Waals surface area contributed by atoms with Crippen LogP contribution < -0.4 is 0 Å². The highest BCUT2D eigenvalue weighted by Crippen LogP contribution is 2.33. The fourth-order valence-electron chi connectivity index (χ4n) is 2.16. The van der Waals surface area contributed by atoms with Crippen molar-refractivity contribution in [2.75, 3.05) is 0 Å². The van der Waals surface area contributed by atoms with Gasteiger partial charge in [0.25, 0.3) is 0 Å². The number of hydrogen-bond donors (Lipinski definition) is 1. The molecule has 2 nitrogen and oxygen atoms in total. The molecule has 0 bridgehead atoms. The number of benzene rings is 1. The molecule has 0 saturated heterocycles. The maximum atomic E-state index is 11.3. The topological polar surface area (TPSA) is 32.9 Å². The first-order valence-corrected chi connectivity index (χ1v) is 6.00. The number of halogens is 1. The average Bonchev–Trinajstić information content (AvgIpc) is 2.55. The van der Waals surface area contributed by atoms with Crippen LogP contribution in [0.1, 0.15) is 42.4 Å². The highest BCUT2D eigenvalue weighted by Gasteiger charge is 2.22. The summed E-state index contributed by atoms with van der Waals surface area (Å²) in [4.78, 5) is 14.7. The lowest BCUT2D eigenvalue weighted by atomic mass is 9.89. The Bertz CT molecular complexity index is 590. The van der Waals surface area contributed by atoms with Gasteiger partial charge in [0.05, 0.1) is 0 Å². The number of H-pyrrole nitrogens is 1. The van der Waals surface area contributed by atoms with Crippen LogP contribution in [0, 0.1) is 6.92 Å². The highest BCUT2D eigenvalue weighted by molar-refractivity contribution is 6.31. The molecule has 90 valence electrons. The van der Waals surface area contributed by atoms with Crippen molar-refractivity contribution < 1.29 is 4.79 Å². The summed E-state index contributed by atoms with van der Waals surface area (Å²) in [6, 6.07) is 3.75. The molecule has 0 aliphatic carbocycles. The molecule has 2 aromatic rings. The highest BCUT2D eigenvalue weighted by atomic mass is 35.5. The first-order valence-electron chi connectivity index (χ1n) is 5.62. The molecular weight excluding hydrogens is 234 g/mol. The molecule has 0 aliphatic rings. The summed E-state index contributed by atoms with van der Waals surface area (Å²) >= 11 is 6.05. The van der Waals surface area contributed by atoms with Crippen LogP contribution in [-0.4, -0.2) is 11.3 Å². The zero-order chi connectivity index (χ0) is 12.8. The van der Waals surface area contributed by atoms with Gasteiger partial charge in [0.15, 0.2) is 6.29 Å². The zero-order valence-electron chi connectivity index (χ0n) is 10.5. The molecule has 0 spiro atoms. The quantitative estimate of drug-likeness (QED) is 0.754. The Morgan fingerprint density at radius 1 is 1.29 bits per heavy atom. The van der Waals surface area contributed by atoms with Gasteiger partial charge in [0.2, 0.25) is 0 Å². The van der Waals surface area contributed by atoms with Crippen molar-refractivity contribution in [3.05, 3.63) is 34.0 Å². The number of aldehydes is 1. The molecule has 0 saturated carbocycles. The van der Waals surface area contributed by atoms with E-state index in [1.807, 2.05) is 19.1 Å². The summed E-state index contributed by atoms with van der Waals surface area (Å²) in [6.07, 6.45) is 0.912. The molecule has 1 heterocycles. The van der Waals surface area contributed by atoms with Gasteiger partial charge in [0, 0.05) is 32.6 Å². The van der Waals surface area contributed by atoms with Gasteiger partial charge in [-0.3, -0.25) is 4.79 Å². The summed E-state index contributed by atoms with van der Waals surface area (Å²) in [5.41, 5.74) is 3.66. The van der Waals surface area contributed by atoms with E-state index >= 15 is 0 Å². The minimum absolute atomic E-state index is 0.0891. The van der Waals surface area contributed by atoms with Gasteiger partial charge >= 0.3 is 0 Å². The van der Waals surface area contributed by atoms with Gasteiger partial charge in [-0.25, -0.2) is 0 Å². The van der Waals surface area contributed by atoms with E-state index in [1.165, 1.54) is 0 Å². The molecule has 17 heavy (non-hydrogen) atoms. The Morgan fingerprint density at radius 3 is 2.47 bits per heavy atom. The Kier molecular flexibility index (Phi) is 2.78. The summed E-state index contributed by atoms with van der Waals surface area (Å²) in [5, 5.41) is 1.58. The molecule has 0 unspecified atom stereocenters. The number of rotatable bonds is 1. The molecule has 0 aliphatic heterocycles. The average molecular weight is 250 g/mol. The Morgan fingerprint density at radius 2 is 1.94 bits per heavy atom. The van der Waals surface area contributed by atoms with Crippen molar-refractivity contribution in [1.82, 2.24) is 4.98 Å². The van der Waals surface area contributed by atoms with Crippen molar-refractivity contribution in [2.24, 2.45) is 0 Å². The fraction of sp³-hybridized carbons (Fsp3) is 0.357. The molecule has 0 radical (unpaired) electrons. The van der Waals surface area contributed by atoms with Crippen LogP contribution in [0.25, 0.3) is 10.9 Å². The van der Waals surface area contributed by atoms with Crippen LogP contribution in [0.4, 0.5) is 0 Å². The largest absolute Gasteiger partial charge is 0.357 e. The maximum absolute atomic E-state index is 11.3. The van der Waals surface area contributed by atoms with Crippen molar-refractivity contribution >= 4 is 28.8 Å². The van der Waals surface area contributed by atoms with Crippen molar-refractivity contribution in [3.63, 3.8) is 0 Å². The Balaban J connectivity index is 2.90. The smallest absolute Gasteiger partial charge is 0.152 e. The van der Waals surface area contributed by atoms with E-state index in [-0.39, 0.29) is 5.41 Å². The number of fused-ring (bicyclic) bond motifs is 1. The predicted octanol–water partition coefficient (Wildman–Crippen LogP) is 4.24. The first kappa shape index (κ1) is 12.2. The monoisotopic (exact) mass is 249 g/mol. The standard InChI is InChI=1S/C14H16ClNO/c1-8-5-9(15)6-10-11(7-17)13(14(2,3)4)16-12(8)10/h5-7,16H,1-4H3. The molecule has 0 fully saturated rings. The SMILES string of the molecule is Cc1cc(Cl)cc2c(C=O)c(C(C)(C)C)[nH]c12. The van der Waals surface area contributed by atoms with E-state index in [0.29, 0.717) is 5.02 Å². The second kappa shape index (κ2) is 3.88. The molecule has 3 heteroatoms. The Hall–Kier alpha value is -1.28. The second-order valence-corrected chi connectivity index (χ2v) is 5.86. The van der Waals surface area contributed by atoms with Gasteiger partial charge in [-0.15, -0.1) is 0 Å². The van der Waals surface area contributed by atoms with Gasteiger partial charge in [0.1, 0.15) is 0 Å². The van der Waals surface area contributed by atoms with Crippen LogP contribution in [0.5, 0.6) is 0 Å². The third-order valence-electron chi connectivity index (χ3n) is 2.98. The molecule has 1 N–H and O–H groups in total. The number of aryl methyl sites for hydroxylation is 1. The van der Waals surface area contributed by atoms with E-state index in [2.05, 4.69) is 25.8 Å². The minimum Gasteiger partial charge on any atom is -0.357 e. The van der Waals surface area contributed by atoms with Crippen molar-refractivity contribution in [3.8, 4) is 0 Å². The lowest BCUT2D eigenvalue weighted by molar-refractivity contribution is 0.112. The fourth-order valence-corrected chi connectivity index (χ4v) is 2.44. The minimum atomic E-state index is -0.0891. The first-order chi connectivity index (χ1) is 7.84. The van der Waals surface area contributed by atoms with Gasteiger partial charge < -0.3 is 4.98 Å². The number of carbonyl (C=O) groups excluding carboxylic acids is 1. The third kappa shape index (κ3) is 1.98. The summed E-state index contributed by atoms with van der Waals surface area (Å²) in [7, 11) is 0. The van der Waals surface area contributed by atoms with Crippen LogP contribution in [0.3, 0.4) is 0 Å². The lowest BCUT2D eigenvalue weighted by Gasteiger charge is -2.17. The van der Waals surface area contributed by atoms with E-state index in [1.54, 1.807) is 0 Å². The van der Waals surface area contributed by atoms with Crippen molar-refractivity contribution in [2.45, 2.75) is 33.1 Å². The number of nitrogens with one attached hydrogen (secondary N) is 1. The van der Waals surface area contributed by atoms with Gasteiger partial charge in [-0.1, -0.05) is 32.4 Å². The van der Waals surface area contributed by atoms with E-state index < -0.39 is 0 Å². The van der Waals surface area contributed by atoms with E-state index in [4.69, 9.17) is 11.6 Å². The molecule has 0 atom stereocenters. The summed E-state index contributed by atoms with van der Waals surface area (Å²) in [5.74, 6) is 0.